The number of pyridine rings is 2. The van der Waals surface area contributed by atoms with E-state index in [1.807, 2.05) is 30.3 Å². The molecule has 4 N–H and O–H groups in total. The first-order valence-corrected chi connectivity index (χ1v) is 9.28. The Morgan fingerprint density at radius 3 is 2.73 bits per heavy atom. The summed E-state index contributed by atoms with van der Waals surface area (Å²) in [5.41, 5.74) is 7.48. The maximum absolute atomic E-state index is 12.2. The molecule has 3 aromatic heterocycles. The third-order valence-corrected chi connectivity index (χ3v) is 4.68. The molecule has 9 heteroatoms. The van der Waals surface area contributed by atoms with E-state index in [0.29, 0.717) is 17.0 Å². The molecule has 3 aromatic rings. The average molecular weight is 405 g/mol. The Kier molecular flexibility index (Phi) is 5.54. The van der Waals surface area contributed by atoms with E-state index in [1.165, 1.54) is 10.8 Å². The number of nitrogens with zero attached hydrogens (tertiary/aromatic N) is 4. The summed E-state index contributed by atoms with van der Waals surface area (Å²) in [6.07, 6.45) is 0.886. The maximum atomic E-state index is 12.2. The number of ether oxygens (including phenoxy) is 1. The zero-order chi connectivity index (χ0) is 21.1. The normalized spacial score (nSPS) is 20.5. The van der Waals surface area contributed by atoms with Gasteiger partial charge >= 0.3 is 5.69 Å². The van der Waals surface area contributed by atoms with Gasteiger partial charge in [-0.3, -0.25) is 9.55 Å². The number of aliphatic hydroxyl groups excluding tert-OH is 2. The Labute approximate surface area is 171 Å². The van der Waals surface area contributed by atoms with Crippen molar-refractivity contribution in [2.45, 2.75) is 24.9 Å². The fraction of sp³-hybridized carbons (Fsp3) is 0.238. The van der Waals surface area contributed by atoms with Gasteiger partial charge in [0.2, 0.25) is 0 Å². The summed E-state index contributed by atoms with van der Waals surface area (Å²) in [5.74, 6) is 5.80. The fourth-order valence-corrected chi connectivity index (χ4v) is 3.13. The molecule has 1 fully saturated rings. The second-order valence-corrected chi connectivity index (χ2v) is 6.72. The first-order chi connectivity index (χ1) is 14.5. The van der Waals surface area contributed by atoms with Crippen LogP contribution in [0.1, 0.15) is 23.9 Å². The van der Waals surface area contributed by atoms with Gasteiger partial charge in [0.15, 0.2) is 0 Å². The largest absolute Gasteiger partial charge is 0.394 e. The van der Waals surface area contributed by atoms with Crippen LogP contribution >= 0.6 is 0 Å². The molecule has 1 saturated heterocycles. The van der Waals surface area contributed by atoms with Gasteiger partial charge in [-0.25, -0.2) is 9.78 Å². The van der Waals surface area contributed by atoms with Crippen LogP contribution in [0.3, 0.4) is 0 Å². The van der Waals surface area contributed by atoms with E-state index in [9.17, 15) is 15.0 Å². The minimum absolute atomic E-state index is 0.0121. The standard InChI is InChI=1S/C21H19N5O4/c22-20-13(11-26(21(29)25-20)19-10-17(28)18(12-27)30-19)7-8-14-4-3-6-16(24-14)15-5-1-2-9-23-15/h1-6,9,11,17-19,27-28H,10,12H2,(H2,22,25,29)/t17-,18+,19+/m0/s1. The lowest BCUT2D eigenvalue weighted by Gasteiger charge is -2.14. The lowest BCUT2D eigenvalue weighted by atomic mass is 10.2. The highest BCUT2D eigenvalue weighted by Gasteiger charge is 2.35. The molecule has 4 rings (SSSR count). The molecule has 0 saturated carbocycles. The summed E-state index contributed by atoms with van der Waals surface area (Å²) in [7, 11) is 0. The van der Waals surface area contributed by atoms with Crippen LogP contribution in [-0.2, 0) is 4.74 Å². The molecule has 1 aliphatic rings. The molecule has 0 spiro atoms. The summed E-state index contributed by atoms with van der Waals surface area (Å²) >= 11 is 0. The lowest BCUT2D eigenvalue weighted by molar-refractivity contribution is -0.0458. The van der Waals surface area contributed by atoms with Crippen LogP contribution < -0.4 is 11.4 Å². The SMILES string of the molecule is Nc1nc(=O)n([C@H]2C[C@H](O)[C@@H](CO)O2)cc1C#Cc1cccc(-c2ccccn2)n1. The van der Waals surface area contributed by atoms with Crippen molar-refractivity contribution >= 4 is 5.82 Å². The molecule has 152 valence electrons. The van der Waals surface area contributed by atoms with E-state index in [1.54, 1.807) is 12.3 Å². The van der Waals surface area contributed by atoms with E-state index < -0.39 is 24.1 Å². The van der Waals surface area contributed by atoms with Crippen molar-refractivity contribution in [3.05, 3.63) is 70.5 Å². The Morgan fingerprint density at radius 1 is 1.17 bits per heavy atom. The van der Waals surface area contributed by atoms with Gasteiger partial charge in [-0.15, -0.1) is 0 Å². The Bertz CT molecular complexity index is 1170. The highest BCUT2D eigenvalue weighted by molar-refractivity contribution is 5.56. The van der Waals surface area contributed by atoms with Crippen molar-refractivity contribution in [2.24, 2.45) is 0 Å². The molecule has 30 heavy (non-hydrogen) atoms. The van der Waals surface area contributed by atoms with Crippen LogP contribution in [0.2, 0.25) is 0 Å². The number of hydrogen-bond acceptors (Lipinski definition) is 8. The number of hydrogen-bond donors (Lipinski definition) is 3. The Balaban J connectivity index is 1.64. The van der Waals surface area contributed by atoms with Gasteiger partial charge in [-0.1, -0.05) is 18.1 Å². The van der Waals surface area contributed by atoms with Crippen LogP contribution in [-0.4, -0.2) is 48.5 Å². The molecular formula is C21H19N5O4. The Morgan fingerprint density at radius 2 is 2.00 bits per heavy atom. The van der Waals surface area contributed by atoms with E-state index in [0.717, 1.165) is 5.69 Å². The zero-order valence-corrected chi connectivity index (χ0v) is 15.8. The topological polar surface area (TPSA) is 136 Å². The second kappa shape index (κ2) is 8.42. The first-order valence-electron chi connectivity index (χ1n) is 9.28. The molecule has 1 aliphatic heterocycles. The minimum atomic E-state index is -0.877. The van der Waals surface area contributed by atoms with E-state index in [2.05, 4.69) is 26.8 Å². The van der Waals surface area contributed by atoms with Gasteiger partial charge in [-0.2, -0.15) is 4.98 Å². The third kappa shape index (κ3) is 4.06. The lowest BCUT2D eigenvalue weighted by Crippen LogP contribution is -2.28. The van der Waals surface area contributed by atoms with Crippen molar-refractivity contribution in [2.75, 3.05) is 12.3 Å². The molecule has 0 aliphatic carbocycles. The van der Waals surface area contributed by atoms with Gasteiger partial charge in [-0.05, 0) is 30.2 Å². The molecule has 0 bridgehead atoms. The smallest absolute Gasteiger partial charge is 0.351 e. The second-order valence-electron chi connectivity index (χ2n) is 6.72. The highest BCUT2D eigenvalue weighted by Crippen LogP contribution is 2.27. The van der Waals surface area contributed by atoms with Crippen molar-refractivity contribution in [3.63, 3.8) is 0 Å². The average Bonchev–Trinajstić information content (AvgIpc) is 3.14. The third-order valence-electron chi connectivity index (χ3n) is 4.68. The molecular weight excluding hydrogens is 386 g/mol. The van der Waals surface area contributed by atoms with Crippen LogP contribution in [0, 0.1) is 11.8 Å². The number of nitrogen functional groups attached to an aromatic ring is 1. The van der Waals surface area contributed by atoms with Crippen LogP contribution in [0.25, 0.3) is 11.4 Å². The Hall–Kier alpha value is -3.58. The first kappa shape index (κ1) is 19.7. The van der Waals surface area contributed by atoms with Crippen molar-refractivity contribution < 1.29 is 14.9 Å². The molecule has 9 nitrogen and oxygen atoms in total. The molecule has 0 aromatic carbocycles. The predicted molar refractivity (Wildman–Crippen MR) is 108 cm³/mol. The van der Waals surface area contributed by atoms with Crippen LogP contribution in [0.4, 0.5) is 5.82 Å². The van der Waals surface area contributed by atoms with Crippen molar-refractivity contribution in [1.82, 2.24) is 19.5 Å². The van der Waals surface area contributed by atoms with Gasteiger partial charge in [0.1, 0.15) is 23.8 Å². The zero-order valence-electron chi connectivity index (χ0n) is 15.8. The summed E-state index contributed by atoms with van der Waals surface area (Å²) in [6, 6.07) is 11.0. The quantitative estimate of drug-likeness (QED) is 0.530. The number of nitrogens with two attached hydrogens (primary N) is 1. The summed E-state index contributed by atoms with van der Waals surface area (Å²) in [4.78, 5) is 24.8. The number of aliphatic hydroxyl groups is 2. The summed E-state index contributed by atoms with van der Waals surface area (Å²) < 4.78 is 6.75. The summed E-state index contributed by atoms with van der Waals surface area (Å²) in [6.45, 7) is -0.347. The highest BCUT2D eigenvalue weighted by atomic mass is 16.5. The summed E-state index contributed by atoms with van der Waals surface area (Å²) in [5, 5.41) is 19.2. The fourth-order valence-electron chi connectivity index (χ4n) is 3.13. The van der Waals surface area contributed by atoms with Crippen molar-refractivity contribution in [1.29, 1.82) is 0 Å². The van der Waals surface area contributed by atoms with E-state index in [-0.39, 0.29) is 18.8 Å². The maximum Gasteiger partial charge on any atom is 0.351 e. The molecule has 0 unspecified atom stereocenters. The monoisotopic (exact) mass is 405 g/mol. The van der Waals surface area contributed by atoms with E-state index in [4.69, 9.17) is 10.5 Å². The van der Waals surface area contributed by atoms with Gasteiger partial charge < -0.3 is 20.7 Å². The minimum Gasteiger partial charge on any atom is -0.394 e. The number of rotatable bonds is 3. The predicted octanol–water partition coefficient (Wildman–Crippen LogP) is 0.323. The van der Waals surface area contributed by atoms with Crippen LogP contribution in [0.5, 0.6) is 0 Å². The molecule has 3 atom stereocenters. The molecule has 4 heterocycles. The van der Waals surface area contributed by atoms with E-state index >= 15 is 0 Å². The number of anilines is 1. The van der Waals surface area contributed by atoms with Gasteiger partial charge in [0, 0.05) is 18.8 Å². The van der Waals surface area contributed by atoms with Crippen molar-refractivity contribution in [3.8, 4) is 23.2 Å². The molecule has 0 radical (unpaired) electrons. The molecule has 0 amide bonds. The van der Waals surface area contributed by atoms with Gasteiger partial charge in [0.05, 0.1) is 29.7 Å². The van der Waals surface area contributed by atoms with Gasteiger partial charge in [0.25, 0.3) is 0 Å². The number of aromatic nitrogens is 4. The van der Waals surface area contributed by atoms with Crippen LogP contribution in [0.15, 0.2) is 53.6 Å².